The largest absolute Gasteiger partial charge is 0.456 e. The number of para-hydroxylation sites is 1. The molecule has 2 aromatic heterocycles. The summed E-state index contributed by atoms with van der Waals surface area (Å²) in [5.41, 5.74) is 2.75. The third-order valence-corrected chi connectivity index (χ3v) is 6.76. The molecule has 33 heavy (non-hydrogen) atoms. The average Bonchev–Trinajstić information content (AvgIpc) is 3.24. The molecule has 174 valence electrons. The molecule has 4 rings (SSSR count). The van der Waals surface area contributed by atoms with Gasteiger partial charge < -0.3 is 19.3 Å². The van der Waals surface area contributed by atoms with E-state index >= 15 is 0 Å². The summed E-state index contributed by atoms with van der Waals surface area (Å²) in [5, 5.41) is 10.8. The summed E-state index contributed by atoms with van der Waals surface area (Å²) >= 11 is 0. The predicted octanol–water partition coefficient (Wildman–Crippen LogP) is 3.60. The van der Waals surface area contributed by atoms with Crippen LogP contribution in [0, 0.1) is 11.8 Å². The van der Waals surface area contributed by atoms with E-state index < -0.39 is 0 Å². The Kier molecular flexibility index (Phi) is 6.51. The summed E-state index contributed by atoms with van der Waals surface area (Å²) in [6.45, 7) is 6.46. The summed E-state index contributed by atoms with van der Waals surface area (Å²) in [5.74, 6) is 0.791. The molecule has 1 N–H and O–H groups in total. The van der Waals surface area contributed by atoms with Crippen LogP contribution in [0.4, 0.5) is 0 Å². The Morgan fingerprint density at radius 1 is 1.33 bits per heavy atom. The zero-order chi connectivity index (χ0) is 23.7. The standard InChI is InChI=1S/C26H31N3O4/c1-16-13-29(17(2)15-30)26(32)22-9-20(25-11-19-7-5-6-8-24(19)33-25)12-27-23(22)10-21(16)14-28(4)18(3)31/h5-9,11-12,16-17,21,30H,10,13-15H2,1-4H3. The van der Waals surface area contributed by atoms with Crippen LogP contribution in [0.15, 0.2) is 47.0 Å². The van der Waals surface area contributed by atoms with Gasteiger partial charge in [0.15, 0.2) is 0 Å². The summed E-state index contributed by atoms with van der Waals surface area (Å²) in [4.78, 5) is 33.6. The number of pyridine rings is 1. The van der Waals surface area contributed by atoms with Crippen molar-refractivity contribution in [3.8, 4) is 11.3 Å². The molecule has 3 heterocycles. The lowest BCUT2D eigenvalue weighted by Gasteiger charge is -2.37. The first-order valence-electron chi connectivity index (χ1n) is 11.4. The highest BCUT2D eigenvalue weighted by atomic mass is 16.3. The number of amides is 2. The van der Waals surface area contributed by atoms with Gasteiger partial charge in [0.05, 0.1) is 23.9 Å². The fraction of sp³-hybridized carbons (Fsp3) is 0.423. The number of aliphatic hydroxyl groups excluding tert-OH is 1. The number of nitrogens with zero attached hydrogens (tertiary/aromatic N) is 3. The normalized spacial score (nSPS) is 19.7. The molecule has 1 aliphatic rings. The van der Waals surface area contributed by atoms with E-state index in [-0.39, 0.29) is 36.3 Å². The van der Waals surface area contributed by atoms with Gasteiger partial charge >= 0.3 is 0 Å². The van der Waals surface area contributed by atoms with Crippen molar-refractivity contribution in [2.24, 2.45) is 11.8 Å². The van der Waals surface area contributed by atoms with Gasteiger partial charge in [-0.25, -0.2) is 0 Å². The lowest BCUT2D eigenvalue weighted by molar-refractivity contribution is -0.128. The van der Waals surface area contributed by atoms with Crippen LogP contribution >= 0.6 is 0 Å². The lowest BCUT2D eigenvalue weighted by atomic mass is 9.85. The van der Waals surface area contributed by atoms with E-state index in [2.05, 4.69) is 6.92 Å². The number of aromatic nitrogens is 1. The molecule has 0 bridgehead atoms. The van der Waals surface area contributed by atoms with Gasteiger partial charge in [-0.3, -0.25) is 14.6 Å². The number of carbonyl (C=O) groups is 2. The molecule has 3 atom stereocenters. The van der Waals surface area contributed by atoms with Gasteiger partial charge in [0.25, 0.3) is 5.91 Å². The Labute approximate surface area is 194 Å². The van der Waals surface area contributed by atoms with Crippen LogP contribution in [0.2, 0.25) is 0 Å². The second-order valence-electron chi connectivity index (χ2n) is 9.20. The van der Waals surface area contributed by atoms with Gasteiger partial charge in [-0.15, -0.1) is 0 Å². The molecule has 0 saturated carbocycles. The van der Waals surface area contributed by atoms with E-state index in [0.717, 1.165) is 16.5 Å². The number of benzene rings is 1. The number of carbonyl (C=O) groups excluding carboxylic acids is 2. The Balaban J connectivity index is 1.77. The first-order valence-corrected chi connectivity index (χ1v) is 11.4. The third-order valence-electron chi connectivity index (χ3n) is 6.76. The number of hydrogen-bond donors (Lipinski definition) is 1. The number of aliphatic hydroxyl groups is 1. The molecule has 0 aliphatic carbocycles. The first kappa shape index (κ1) is 23.0. The van der Waals surface area contributed by atoms with Crippen LogP contribution in [0.25, 0.3) is 22.3 Å². The maximum Gasteiger partial charge on any atom is 0.256 e. The smallest absolute Gasteiger partial charge is 0.256 e. The van der Waals surface area contributed by atoms with E-state index in [4.69, 9.17) is 9.40 Å². The van der Waals surface area contributed by atoms with Crippen molar-refractivity contribution in [3.63, 3.8) is 0 Å². The molecule has 0 saturated heterocycles. The molecule has 3 unspecified atom stereocenters. The van der Waals surface area contributed by atoms with Gasteiger partial charge in [0.1, 0.15) is 11.3 Å². The van der Waals surface area contributed by atoms with Gasteiger partial charge in [-0.1, -0.05) is 25.1 Å². The molecule has 0 radical (unpaired) electrons. The van der Waals surface area contributed by atoms with Crippen molar-refractivity contribution >= 4 is 22.8 Å². The van der Waals surface area contributed by atoms with E-state index in [1.807, 2.05) is 43.3 Å². The minimum atomic E-state index is -0.327. The molecule has 0 spiro atoms. The van der Waals surface area contributed by atoms with Crippen LogP contribution in [0.5, 0.6) is 0 Å². The minimum absolute atomic E-state index is 0.00864. The number of hydrogen-bond acceptors (Lipinski definition) is 5. The first-order chi connectivity index (χ1) is 15.8. The van der Waals surface area contributed by atoms with Crippen molar-refractivity contribution in [2.45, 2.75) is 33.2 Å². The van der Waals surface area contributed by atoms with Crippen LogP contribution in [-0.4, -0.2) is 64.5 Å². The molecular weight excluding hydrogens is 418 g/mol. The SMILES string of the molecule is CC(=O)N(C)CC1Cc2ncc(-c3cc4ccccc4o3)cc2C(=O)N(C(C)CO)CC1C. The van der Waals surface area contributed by atoms with Crippen molar-refractivity contribution in [1.29, 1.82) is 0 Å². The molecular formula is C26H31N3O4. The lowest BCUT2D eigenvalue weighted by Crippen LogP contribution is -2.47. The molecule has 7 nitrogen and oxygen atoms in total. The van der Waals surface area contributed by atoms with Crippen LogP contribution in [0.1, 0.15) is 36.8 Å². The predicted molar refractivity (Wildman–Crippen MR) is 127 cm³/mol. The second kappa shape index (κ2) is 9.35. The maximum absolute atomic E-state index is 13.6. The quantitative estimate of drug-likeness (QED) is 0.643. The summed E-state index contributed by atoms with van der Waals surface area (Å²) in [7, 11) is 1.80. The topological polar surface area (TPSA) is 86.9 Å². The monoisotopic (exact) mass is 449 g/mol. The average molecular weight is 450 g/mol. The van der Waals surface area contributed by atoms with Crippen molar-refractivity contribution < 1.29 is 19.1 Å². The summed E-state index contributed by atoms with van der Waals surface area (Å²) < 4.78 is 6.00. The molecule has 1 aromatic carbocycles. The number of furan rings is 1. The van der Waals surface area contributed by atoms with Crippen LogP contribution < -0.4 is 0 Å². The van der Waals surface area contributed by atoms with Gasteiger partial charge in [0.2, 0.25) is 5.91 Å². The second-order valence-corrected chi connectivity index (χ2v) is 9.20. The Morgan fingerprint density at radius 3 is 2.79 bits per heavy atom. The van der Waals surface area contributed by atoms with Crippen molar-refractivity contribution in [3.05, 3.63) is 53.9 Å². The van der Waals surface area contributed by atoms with Crippen LogP contribution in [0.3, 0.4) is 0 Å². The molecule has 2 amide bonds. The fourth-order valence-corrected chi connectivity index (χ4v) is 4.45. The fourth-order valence-electron chi connectivity index (χ4n) is 4.45. The van der Waals surface area contributed by atoms with Gasteiger partial charge in [-0.2, -0.15) is 0 Å². The van der Waals surface area contributed by atoms with Crippen molar-refractivity contribution in [2.75, 3.05) is 26.7 Å². The van der Waals surface area contributed by atoms with E-state index in [0.29, 0.717) is 36.5 Å². The van der Waals surface area contributed by atoms with Crippen molar-refractivity contribution in [1.82, 2.24) is 14.8 Å². The summed E-state index contributed by atoms with van der Waals surface area (Å²) in [6, 6.07) is 11.2. The summed E-state index contributed by atoms with van der Waals surface area (Å²) in [6.07, 6.45) is 2.35. The minimum Gasteiger partial charge on any atom is -0.456 e. The highest BCUT2D eigenvalue weighted by molar-refractivity contribution is 5.97. The Morgan fingerprint density at radius 2 is 2.09 bits per heavy atom. The molecule has 0 fully saturated rings. The molecule has 7 heteroatoms. The zero-order valence-corrected chi connectivity index (χ0v) is 19.6. The van der Waals surface area contributed by atoms with E-state index in [1.54, 1.807) is 30.0 Å². The highest BCUT2D eigenvalue weighted by Crippen LogP contribution is 2.32. The number of fused-ring (bicyclic) bond motifs is 2. The molecule has 3 aromatic rings. The highest BCUT2D eigenvalue weighted by Gasteiger charge is 2.33. The van der Waals surface area contributed by atoms with E-state index in [9.17, 15) is 14.7 Å². The maximum atomic E-state index is 13.6. The number of rotatable bonds is 5. The Bertz CT molecular complexity index is 1140. The molecule has 1 aliphatic heterocycles. The van der Waals surface area contributed by atoms with Gasteiger partial charge in [-0.05, 0) is 43.4 Å². The Hall–Kier alpha value is -3.19. The van der Waals surface area contributed by atoms with Crippen LogP contribution in [-0.2, 0) is 11.2 Å². The third kappa shape index (κ3) is 4.64. The van der Waals surface area contributed by atoms with Gasteiger partial charge in [0, 0.05) is 44.2 Å². The van der Waals surface area contributed by atoms with E-state index in [1.165, 1.54) is 0 Å². The zero-order valence-electron chi connectivity index (χ0n) is 19.6.